The van der Waals surface area contributed by atoms with Gasteiger partial charge < -0.3 is 10.8 Å². The first-order valence-corrected chi connectivity index (χ1v) is 11.1. The van der Waals surface area contributed by atoms with Gasteiger partial charge in [0.15, 0.2) is 5.78 Å². The number of carbonyl (C=O) groups excluding carboxylic acids is 1. The number of hydrogen-bond acceptors (Lipinski definition) is 4. The van der Waals surface area contributed by atoms with Gasteiger partial charge in [0.1, 0.15) is 11.4 Å². The molecular formula is C25H37FN2O3. The Bertz CT molecular complexity index is 837. The zero-order valence-electron chi connectivity index (χ0n) is 19.6. The number of carboxylic acid groups (broad SMARTS) is 1. The Morgan fingerprint density at radius 2 is 1.77 bits per heavy atom. The van der Waals surface area contributed by atoms with Crippen LogP contribution >= 0.6 is 0 Å². The summed E-state index contributed by atoms with van der Waals surface area (Å²) in [6.07, 6.45) is 5.23. The molecule has 0 radical (unpaired) electrons. The molecule has 0 heterocycles. The monoisotopic (exact) mass is 432 g/mol. The van der Waals surface area contributed by atoms with E-state index in [9.17, 15) is 14.0 Å². The second-order valence-electron chi connectivity index (χ2n) is 8.23. The average Bonchev–Trinajstić information content (AvgIpc) is 3.17. The largest absolute Gasteiger partial charge is 0.477 e. The lowest BCUT2D eigenvalue weighted by Crippen LogP contribution is -2.21. The second kappa shape index (κ2) is 12.4. The molecule has 172 valence electrons. The number of aryl methyl sites for hydroxylation is 1. The topological polar surface area (TPSA) is 92.8 Å². The lowest BCUT2D eigenvalue weighted by atomic mass is 9.83. The predicted molar refractivity (Wildman–Crippen MR) is 124 cm³/mol. The quantitative estimate of drug-likeness (QED) is 0.526. The molecule has 0 saturated heterocycles. The number of alkyl halides is 1. The highest BCUT2D eigenvalue weighted by atomic mass is 19.1. The van der Waals surface area contributed by atoms with Crippen molar-refractivity contribution in [2.75, 3.05) is 6.54 Å². The Morgan fingerprint density at radius 3 is 2.29 bits per heavy atom. The number of carbonyl (C=O) groups is 2. The first-order chi connectivity index (χ1) is 14.6. The summed E-state index contributed by atoms with van der Waals surface area (Å²) in [4.78, 5) is 25.5. The molecule has 2 rings (SSSR count). The summed E-state index contributed by atoms with van der Waals surface area (Å²) in [7, 11) is 0. The number of nitrogens with zero attached hydrogens (tertiary/aromatic N) is 1. The summed E-state index contributed by atoms with van der Waals surface area (Å²) in [5, 5.41) is 8.73. The van der Waals surface area contributed by atoms with Crippen molar-refractivity contribution in [1.29, 1.82) is 0 Å². The number of carboxylic acids is 1. The Hall–Kier alpha value is -2.50. The van der Waals surface area contributed by atoms with Gasteiger partial charge in [-0.25, -0.2) is 9.18 Å². The number of benzene rings is 1. The second-order valence-corrected chi connectivity index (χ2v) is 8.23. The van der Waals surface area contributed by atoms with Crippen molar-refractivity contribution in [3.63, 3.8) is 0 Å². The lowest BCUT2D eigenvalue weighted by Gasteiger charge is -2.27. The SMILES string of the molecule is CC(=O)CN=C1CCC/C1=C(/N)C(=O)O.CCCC(F)(CCC)c1cccc(C)c1C. The number of aliphatic carboxylic acids is 1. The summed E-state index contributed by atoms with van der Waals surface area (Å²) in [5.74, 6) is -1.16. The minimum atomic E-state index is -1.13. The molecule has 1 aliphatic rings. The van der Waals surface area contributed by atoms with Crippen LogP contribution in [0.4, 0.5) is 4.39 Å². The van der Waals surface area contributed by atoms with Crippen LogP contribution in [0.15, 0.2) is 34.5 Å². The van der Waals surface area contributed by atoms with Gasteiger partial charge in [-0.3, -0.25) is 9.79 Å². The summed E-state index contributed by atoms with van der Waals surface area (Å²) in [5.41, 5.74) is 8.63. The molecule has 6 heteroatoms. The van der Waals surface area contributed by atoms with Gasteiger partial charge in [-0.1, -0.05) is 44.9 Å². The van der Waals surface area contributed by atoms with Crippen LogP contribution in [0.1, 0.15) is 82.4 Å². The van der Waals surface area contributed by atoms with E-state index >= 15 is 0 Å². The van der Waals surface area contributed by atoms with Crippen molar-refractivity contribution in [2.24, 2.45) is 10.7 Å². The Labute approximate surface area is 185 Å². The molecule has 0 bridgehead atoms. The first kappa shape index (κ1) is 26.5. The molecule has 0 aliphatic heterocycles. The molecule has 31 heavy (non-hydrogen) atoms. The van der Waals surface area contributed by atoms with E-state index in [1.807, 2.05) is 19.1 Å². The van der Waals surface area contributed by atoms with E-state index in [1.54, 1.807) is 0 Å². The summed E-state index contributed by atoms with van der Waals surface area (Å²) in [6.45, 7) is 9.74. The fourth-order valence-corrected chi connectivity index (χ4v) is 3.95. The number of halogens is 1. The summed E-state index contributed by atoms with van der Waals surface area (Å²) in [6, 6.07) is 5.97. The number of nitrogens with two attached hydrogens (primary N) is 1. The summed E-state index contributed by atoms with van der Waals surface area (Å²) >= 11 is 0. The van der Waals surface area contributed by atoms with Gasteiger partial charge >= 0.3 is 5.97 Å². The predicted octanol–water partition coefficient (Wildman–Crippen LogP) is 5.57. The van der Waals surface area contributed by atoms with Gasteiger partial charge in [-0.05, 0) is 69.6 Å². The number of aliphatic imine (C=N–C) groups is 1. The van der Waals surface area contributed by atoms with Gasteiger partial charge in [0, 0.05) is 11.3 Å². The Morgan fingerprint density at radius 1 is 1.16 bits per heavy atom. The zero-order chi connectivity index (χ0) is 23.6. The van der Waals surface area contributed by atoms with E-state index in [0.717, 1.165) is 30.4 Å². The lowest BCUT2D eigenvalue weighted by molar-refractivity contribution is -0.132. The standard InChI is InChI=1S/C15H23F.C10H14N2O3/c1-5-10-15(16,11-6-2)14-9-7-8-12(3)13(14)4;1-6(13)5-12-8-4-2-3-7(8)9(11)10(14)15/h7-9H,5-6,10-11H2,1-4H3;2-5,11H2,1H3,(H,14,15)/b;9-7-,12-8?. The zero-order valence-corrected chi connectivity index (χ0v) is 19.6. The van der Waals surface area contributed by atoms with Crippen molar-refractivity contribution >= 4 is 17.5 Å². The third-order valence-electron chi connectivity index (χ3n) is 5.62. The van der Waals surface area contributed by atoms with Crippen molar-refractivity contribution in [2.45, 2.75) is 85.2 Å². The van der Waals surface area contributed by atoms with Crippen LogP contribution in [-0.4, -0.2) is 29.1 Å². The highest BCUT2D eigenvalue weighted by molar-refractivity contribution is 6.08. The molecule has 1 aliphatic carbocycles. The Kier molecular flexibility index (Phi) is 10.6. The molecular weight excluding hydrogens is 395 g/mol. The van der Waals surface area contributed by atoms with E-state index in [1.165, 1.54) is 12.5 Å². The van der Waals surface area contributed by atoms with Crippen LogP contribution in [0.2, 0.25) is 0 Å². The number of ketones is 1. The van der Waals surface area contributed by atoms with Crippen molar-refractivity contribution in [3.8, 4) is 0 Å². The highest BCUT2D eigenvalue weighted by Crippen LogP contribution is 2.38. The van der Waals surface area contributed by atoms with Gasteiger partial charge in [-0.2, -0.15) is 0 Å². The Balaban J connectivity index is 0.000000311. The molecule has 1 aromatic carbocycles. The third kappa shape index (κ3) is 7.60. The number of allylic oxidation sites excluding steroid dienone is 1. The average molecular weight is 433 g/mol. The van der Waals surface area contributed by atoms with Crippen LogP contribution in [0, 0.1) is 13.8 Å². The van der Waals surface area contributed by atoms with Gasteiger partial charge in [0.25, 0.3) is 0 Å². The summed E-state index contributed by atoms with van der Waals surface area (Å²) < 4.78 is 15.0. The molecule has 3 N–H and O–H groups in total. The maximum atomic E-state index is 15.0. The fraction of sp³-hybridized carbons (Fsp3) is 0.560. The normalized spacial score (nSPS) is 16.6. The molecule has 1 aromatic rings. The molecule has 1 fully saturated rings. The highest BCUT2D eigenvalue weighted by Gasteiger charge is 2.31. The van der Waals surface area contributed by atoms with Crippen molar-refractivity contribution < 1.29 is 19.1 Å². The molecule has 0 spiro atoms. The van der Waals surface area contributed by atoms with Crippen molar-refractivity contribution in [3.05, 3.63) is 46.2 Å². The van der Waals surface area contributed by atoms with E-state index in [0.29, 0.717) is 37.0 Å². The van der Waals surface area contributed by atoms with Gasteiger partial charge in [0.05, 0.1) is 6.54 Å². The van der Waals surface area contributed by atoms with Crippen molar-refractivity contribution in [1.82, 2.24) is 0 Å². The van der Waals surface area contributed by atoms with Crippen LogP contribution in [0.5, 0.6) is 0 Å². The van der Waals surface area contributed by atoms with Crippen LogP contribution in [0.3, 0.4) is 0 Å². The van der Waals surface area contributed by atoms with E-state index in [-0.39, 0.29) is 18.0 Å². The van der Waals surface area contributed by atoms with Gasteiger partial charge in [-0.15, -0.1) is 0 Å². The molecule has 0 unspecified atom stereocenters. The molecule has 0 aromatic heterocycles. The van der Waals surface area contributed by atoms with E-state index in [4.69, 9.17) is 10.8 Å². The molecule has 1 saturated carbocycles. The minimum Gasteiger partial charge on any atom is -0.477 e. The third-order valence-corrected chi connectivity index (χ3v) is 5.62. The number of rotatable bonds is 8. The maximum Gasteiger partial charge on any atom is 0.352 e. The van der Waals surface area contributed by atoms with Crippen LogP contribution < -0.4 is 5.73 Å². The van der Waals surface area contributed by atoms with Crippen LogP contribution in [-0.2, 0) is 15.3 Å². The van der Waals surface area contributed by atoms with Gasteiger partial charge in [0.2, 0.25) is 0 Å². The van der Waals surface area contributed by atoms with E-state index in [2.05, 4.69) is 31.8 Å². The van der Waals surface area contributed by atoms with E-state index < -0.39 is 11.6 Å². The first-order valence-electron chi connectivity index (χ1n) is 11.1. The minimum absolute atomic E-state index is 0.0392. The molecule has 0 amide bonds. The fourth-order valence-electron chi connectivity index (χ4n) is 3.95. The smallest absolute Gasteiger partial charge is 0.352 e. The maximum absolute atomic E-state index is 15.0. The molecule has 0 atom stereocenters. The number of Topliss-reactive ketones (excluding diaryl/α,β-unsaturated/α-hetero) is 1. The molecule has 5 nitrogen and oxygen atoms in total. The number of hydrogen-bond donors (Lipinski definition) is 2. The van der Waals surface area contributed by atoms with Crippen LogP contribution in [0.25, 0.3) is 0 Å².